The molecule has 0 bridgehead atoms. The van der Waals surface area contributed by atoms with Crippen molar-refractivity contribution in [2.75, 3.05) is 10.8 Å². The van der Waals surface area contributed by atoms with E-state index in [4.69, 9.17) is 0 Å². The third-order valence-electron chi connectivity index (χ3n) is 7.08. The maximum atomic E-state index is 13.7. The van der Waals surface area contributed by atoms with E-state index in [0.717, 1.165) is 30.5 Å². The number of nitrogens with zero attached hydrogens (tertiary/aromatic N) is 3. The van der Waals surface area contributed by atoms with Crippen molar-refractivity contribution in [3.8, 4) is 0 Å². The summed E-state index contributed by atoms with van der Waals surface area (Å²) in [6.07, 6.45) is 3.62. The molecule has 1 aliphatic heterocycles. The van der Waals surface area contributed by atoms with Crippen LogP contribution in [-0.4, -0.2) is 30.7 Å². The summed E-state index contributed by atoms with van der Waals surface area (Å²) in [6, 6.07) is 15.1. The first-order chi connectivity index (χ1) is 16.3. The molecular formula is C26H30N4O3S. The van der Waals surface area contributed by atoms with Crippen molar-refractivity contribution in [1.29, 1.82) is 0 Å². The molecule has 0 spiro atoms. The van der Waals surface area contributed by atoms with Gasteiger partial charge in [0, 0.05) is 6.54 Å². The van der Waals surface area contributed by atoms with Crippen molar-refractivity contribution >= 4 is 21.6 Å². The summed E-state index contributed by atoms with van der Waals surface area (Å²) in [5, 5.41) is 7.69. The van der Waals surface area contributed by atoms with E-state index in [1.54, 1.807) is 25.5 Å². The van der Waals surface area contributed by atoms with Gasteiger partial charge in [-0.15, -0.1) is 0 Å². The topological polar surface area (TPSA) is 84.3 Å². The Bertz CT molecular complexity index is 1360. The highest BCUT2D eigenvalue weighted by atomic mass is 32.2. The number of carbonyl (C=O) groups excluding carboxylic acids is 1. The molecule has 1 amide bonds. The Kier molecular flexibility index (Phi) is 5.72. The monoisotopic (exact) mass is 478 g/mol. The molecule has 0 saturated carbocycles. The van der Waals surface area contributed by atoms with Gasteiger partial charge in [0.25, 0.3) is 10.0 Å². The first kappa shape index (κ1) is 22.7. The molecule has 0 saturated heterocycles. The predicted molar refractivity (Wildman–Crippen MR) is 131 cm³/mol. The van der Waals surface area contributed by atoms with E-state index in [2.05, 4.69) is 22.5 Å². The van der Waals surface area contributed by atoms with Crippen LogP contribution in [0.5, 0.6) is 0 Å². The van der Waals surface area contributed by atoms with Crippen LogP contribution in [0, 0.1) is 13.8 Å². The molecule has 1 aliphatic carbocycles. The van der Waals surface area contributed by atoms with Gasteiger partial charge < -0.3 is 5.32 Å². The molecule has 178 valence electrons. The third kappa shape index (κ3) is 3.70. The predicted octanol–water partition coefficient (Wildman–Crippen LogP) is 4.01. The third-order valence-corrected chi connectivity index (χ3v) is 9.15. The minimum absolute atomic E-state index is 0.0406. The maximum Gasteiger partial charge on any atom is 0.268 e. The Labute approximate surface area is 200 Å². The molecule has 7 nitrogen and oxygen atoms in total. The molecule has 2 heterocycles. The average molecular weight is 479 g/mol. The number of sulfonamides is 1. The number of carbonyl (C=O) groups is 1. The van der Waals surface area contributed by atoms with E-state index in [9.17, 15) is 13.2 Å². The summed E-state index contributed by atoms with van der Waals surface area (Å²) in [6.45, 7) is 5.60. The van der Waals surface area contributed by atoms with E-state index in [0.29, 0.717) is 24.4 Å². The summed E-state index contributed by atoms with van der Waals surface area (Å²) in [7, 11) is -3.80. The lowest BCUT2D eigenvalue weighted by molar-refractivity contribution is -0.125. The first-order valence-electron chi connectivity index (χ1n) is 11.8. The van der Waals surface area contributed by atoms with Gasteiger partial charge in [-0.2, -0.15) is 5.10 Å². The van der Waals surface area contributed by atoms with Gasteiger partial charge in [-0.1, -0.05) is 42.5 Å². The Morgan fingerprint density at radius 3 is 2.56 bits per heavy atom. The van der Waals surface area contributed by atoms with E-state index in [1.165, 1.54) is 15.4 Å². The first-order valence-corrected chi connectivity index (χ1v) is 13.3. The lowest BCUT2D eigenvalue weighted by Gasteiger charge is -2.27. The number of aromatic nitrogens is 2. The van der Waals surface area contributed by atoms with Crippen molar-refractivity contribution < 1.29 is 13.2 Å². The number of fused-ring (bicyclic) bond motifs is 2. The second-order valence-electron chi connectivity index (χ2n) is 9.23. The SMILES string of the molecule is Cc1nn([C@H](C)C(=O)N[C@H]2CCCc3ccccc32)c(C)c1S(=O)(=O)N1CCc2ccccc21. The smallest absolute Gasteiger partial charge is 0.268 e. The zero-order chi connectivity index (χ0) is 24.0. The lowest BCUT2D eigenvalue weighted by atomic mass is 9.87. The molecule has 2 aliphatic rings. The van der Waals surface area contributed by atoms with Crippen LogP contribution < -0.4 is 9.62 Å². The van der Waals surface area contributed by atoms with Crippen molar-refractivity contribution in [3.05, 3.63) is 76.6 Å². The Balaban J connectivity index is 1.42. The molecule has 2 atom stereocenters. The second-order valence-corrected chi connectivity index (χ2v) is 11.0. The largest absolute Gasteiger partial charge is 0.347 e. The van der Waals surface area contributed by atoms with Gasteiger partial charge in [0.05, 0.1) is 23.1 Å². The van der Waals surface area contributed by atoms with Crippen molar-refractivity contribution in [2.24, 2.45) is 0 Å². The maximum absolute atomic E-state index is 13.7. The minimum atomic E-state index is -3.80. The van der Waals surface area contributed by atoms with Crippen molar-refractivity contribution in [3.63, 3.8) is 0 Å². The van der Waals surface area contributed by atoms with E-state index in [-0.39, 0.29) is 16.8 Å². The van der Waals surface area contributed by atoms with Crippen molar-refractivity contribution in [2.45, 2.75) is 63.4 Å². The highest BCUT2D eigenvalue weighted by Crippen LogP contribution is 2.35. The van der Waals surface area contributed by atoms with Gasteiger partial charge in [0.1, 0.15) is 10.9 Å². The minimum Gasteiger partial charge on any atom is -0.347 e. The van der Waals surface area contributed by atoms with E-state index >= 15 is 0 Å². The highest BCUT2D eigenvalue weighted by molar-refractivity contribution is 7.93. The van der Waals surface area contributed by atoms with Gasteiger partial charge in [-0.05, 0) is 69.2 Å². The summed E-state index contributed by atoms with van der Waals surface area (Å²) in [4.78, 5) is 13.4. The number of hydrogen-bond acceptors (Lipinski definition) is 4. The molecule has 2 aromatic carbocycles. The van der Waals surface area contributed by atoms with Crippen LogP contribution in [-0.2, 0) is 27.7 Å². The van der Waals surface area contributed by atoms with Crippen LogP contribution in [0.15, 0.2) is 53.4 Å². The molecular weight excluding hydrogens is 448 g/mol. The quantitative estimate of drug-likeness (QED) is 0.601. The zero-order valence-electron chi connectivity index (χ0n) is 19.8. The fraction of sp³-hybridized carbons (Fsp3) is 0.385. The van der Waals surface area contributed by atoms with E-state index in [1.807, 2.05) is 36.4 Å². The Morgan fingerprint density at radius 2 is 1.76 bits per heavy atom. The van der Waals surface area contributed by atoms with Gasteiger partial charge >= 0.3 is 0 Å². The van der Waals surface area contributed by atoms with E-state index < -0.39 is 16.1 Å². The molecule has 1 aromatic heterocycles. The summed E-state index contributed by atoms with van der Waals surface area (Å²) < 4.78 is 30.4. The normalized spacial score (nSPS) is 18.3. The van der Waals surface area contributed by atoms with Crippen LogP contribution in [0.1, 0.15) is 59.9 Å². The van der Waals surface area contributed by atoms with Crippen LogP contribution in [0.4, 0.5) is 5.69 Å². The second kappa shape index (κ2) is 8.58. The number of aryl methyl sites for hydroxylation is 2. The molecule has 0 fully saturated rings. The van der Waals surface area contributed by atoms with Gasteiger partial charge in [-0.3, -0.25) is 13.8 Å². The Hall–Kier alpha value is -3.13. The number of para-hydroxylation sites is 1. The van der Waals surface area contributed by atoms with Gasteiger partial charge in [0.2, 0.25) is 5.91 Å². The molecule has 5 rings (SSSR count). The van der Waals surface area contributed by atoms with Crippen LogP contribution >= 0.6 is 0 Å². The number of benzene rings is 2. The molecule has 34 heavy (non-hydrogen) atoms. The van der Waals surface area contributed by atoms with Crippen LogP contribution in [0.3, 0.4) is 0 Å². The number of hydrogen-bond donors (Lipinski definition) is 1. The van der Waals surface area contributed by atoms with Gasteiger partial charge in [-0.25, -0.2) is 8.42 Å². The number of amides is 1. The van der Waals surface area contributed by atoms with Crippen LogP contribution in [0.2, 0.25) is 0 Å². The molecule has 1 N–H and O–H groups in total. The summed E-state index contributed by atoms with van der Waals surface area (Å²) in [5.74, 6) is -0.164. The van der Waals surface area contributed by atoms with Crippen LogP contribution in [0.25, 0.3) is 0 Å². The highest BCUT2D eigenvalue weighted by Gasteiger charge is 2.36. The average Bonchev–Trinajstić information content (AvgIpc) is 3.40. The fourth-order valence-electron chi connectivity index (χ4n) is 5.37. The summed E-state index contributed by atoms with van der Waals surface area (Å²) in [5.41, 5.74) is 5.07. The number of rotatable bonds is 5. The molecule has 0 radical (unpaired) electrons. The fourth-order valence-corrected chi connectivity index (χ4v) is 7.24. The molecule has 0 unspecified atom stereocenters. The molecule has 3 aromatic rings. The summed E-state index contributed by atoms with van der Waals surface area (Å²) >= 11 is 0. The number of nitrogens with one attached hydrogen (secondary N) is 1. The zero-order valence-corrected chi connectivity index (χ0v) is 20.6. The molecule has 8 heteroatoms. The lowest BCUT2D eigenvalue weighted by Crippen LogP contribution is -2.36. The number of anilines is 1. The standard InChI is InChI=1S/C26H30N4O3S/c1-17-25(34(32,33)29-16-15-21-10-5-7-14-24(21)29)18(2)30(28-17)19(3)26(31)27-23-13-8-11-20-9-4-6-12-22(20)23/h4-7,9-10,12,14,19,23H,8,11,13,15-16H2,1-3H3,(H,27,31)/t19-,23+/m1/s1. The van der Waals surface area contributed by atoms with Crippen molar-refractivity contribution in [1.82, 2.24) is 15.1 Å². The van der Waals surface area contributed by atoms with Gasteiger partial charge in [0.15, 0.2) is 0 Å². The Morgan fingerprint density at radius 1 is 1.06 bits per heavy atom.